The lowest BCUT2D eigenvalue weighted by Crippen LogP contribution is -2.13. The molecule has 0 fully saturated rings. The molecule has 1 atom stereocenters. The number of carbonyl (C=O) groups is 1. The van der Waals surface area contributed by atoms with Crippen LogP contribution in [0.2, 0.25) is 0 Å². The molecule has 4 heterocycles. The Kier molecular flexibility index (Phi) is 9.69. The fourth-order valence-corrected chi connectivity index (χ4v) is 6.04. The van der Waals surface area contributed by atoms with E-state index in [0.717, 1.165) is 22.1 Å². The van der Waals surface area contributed by atoms with Gasteiger partial charge in [0.25, 0.3) is 0 Å². The first-order valence-electron chi connectivity index (χ1n) is 11.8. The monoisotopic (exact) mass is 663 g/mol. The lowest BCUT2D eigenvalue weighted by Gasteiger charge is -2.19. The van der Waals surface area contributed by atoms with Crippen LogP contribution >= 0.6 is 41.7 Å². The Labute approximate surface area is 241 Å². The van der Waals surface area contributed by atoms with Crippen LogP contribution in [-0.2, 0) is 9.53 Å². The quantitative estimate of drug-likeness (QED) is 0.134. The third kappa shape index (κ3) is 6.16. The van der Waals surface area contributed by atoms with Gasteiger partial charge in [-0.15, -0.1) is 11.3 Å². The lowest BCUT2D eigenvalue weighted by molar-refractivity contribution is -0.108. The molecule has 7 nitrogen and oxygen atoms in total. The molecule has 5 rings (SSSR count). The van der Waals surface area contributed by atoms with Crippen LogP contribution < -0.4 is 5.32 Å². The molecule has 1 unspecified atom stereocenters. The van der Waals surface area contributed by atoms with Gasteiger partial charge < -0.3 is 14.8 Å². The molecular formula is C27H27FIN5O2S2. The Bertz CT molecular complexity index is 1540. The minimum atomic E-state index is -0.415. The third-order valence-corrected chi connectivity index (χ3v) is 8.37. The Morgan fingerprint density at radius 1 is 1.16 bits per heavy atom. The van der Waals surface area contributed by atoms with Crippen LogP contribution in [0.4, 0.5) is 10.2 Å². The minimum Gasteiger partial charge on any atom is -0.388 e. The van der Waals surface area contributed by atoms with Crippen molar-refractivity contribution in [2.24, 2.45) is 0 Å². The molecule has 38 heavy (non-hydrogen) atoms. The van der Waals surface area contributed by atoms with Gasteiger partial charge in [-0.05, 0) is 34.6 Å². The first-order chi connectivity index (χ1) is 18.4. The minimum absolute atomic E-state index is 0.245. The van der Waals surface area contributed by atoms with E-state index in [0.29, 0.717) is 40.6 Å². The van der Waals surface area contributed by atoms with Crippen LogP contribution in [0.15, 0.2) is 54.2 Å². The second-order valence-corrected chi connectivity index (χ2v) is 11.4. The van der Waals surface area contributed by atoms with Crippen molar-refractivity contribution >= 4 is 75.0 Å². The second kappa shape index (κ2) is 13.0. The standard InChI is InChI=1S/C25H21FIN5OS2.C2H6O/c1-14(2)15-3-5-16(6-4-15)21(7-9-33)29-22-18-8-10-34-25(18)31-23(30-22)20-13-32(35-27)24-19(20)11-17(26)12-28-24;1-3-2/h3-6,8-14,21H,7H2,1-2H3,(H,29,30,31);1-2H3. The number of aromatic nitrogens is 4. The van der Waals surface area contributed by atoms with E-state index in [4.69, 9.17) is 9.97 Å². The molecule has 0 radical (unpaired) electrons. The molecule has 0 saturated carbocycles. The summed E-state index contributed by atoms with van der Waals surface area (Å²) in [6.45, 7) is 4.31. The fraction of sp³-hybridized carbons (Fsp3) is 0.259. The maximum atomic E-state index is 14.1. The number of halogens is 2. The van der Waals surface area contributed by atoms with Gasteiger partial charge in [0.2, 0.25) is 0 Å². The van der Waals surface area contributed by atoms with Crippen molar-refractivity contribution in [2.45, 2.75) is 32.2 Å². The Morgan fingerprint density at radius 3 is 2.53 bits per heavy atom. The number of nitrogens with one attached hydrogen (secondary N) is 1. The number of aldehydes is 1. The van der Waals surface area contributed by atoms with Gasteiger partial charge in [0, 0.05) is 68.1 Å². The number of benzene rings is 1. The van der Waals surface area contributed by atoms with E-state index in [1.165, 1.54) is 38.3 Å². The molecule has 0 amide bonds. The molecule has 1 N–H and O–H groups in total. The first kappa shape index (κ1) is 28.4. The maximum Gasteiger partial charge on any atom is 0.165 e. The topological polar surface area (TPSA) is 81.9 Å². The van der Waals surface area contributed by atoms with Crippen LogP contribution in [0.1, 0.15) is 43.4 Å². The summed E-state index contributed by atoms with van der Waals surface area (Å²) in [6, 6.07) is 11.5. The number of pyridine rings is 1. The molecule has 0 spiro atoms. The highest BCUT2D eigenvalue weighted by Gasteiger charge is 2.20. The van der Waals surface area contributed by atoms with Gasteiger partial charge in [-0.2, -0.15) is 0 Å². The summed E-state index contributed by atoms with van der Waals surface area (Å²) in [5, 5.41) is 6.97. The zero-order valence-corrected chi connectivity index (χ0v) is 25.1. The average molecular weight is 664 g/mol. The number of anilines is 1. The van der Waals surface area contributed by atoms with E-state index >= 15 is 0 Å². The lowest BCUT2D eigenvalue weighted by atomic mass is 9.98. The number of hydrogen-bond donors (Lipinski definition) is 1. The van der Waals surface area contributed by atoms with Gasteiger partial charge >= 0.3 is 0 Å². The highest BCUT2D eigenvalue weighted by Crippen LogP contribution is 2.36. The Morgan fingerprint density at radius 2 is 1.87 bits per heavy atom. The summed E-state index contributed by atoms with van der Waals surface area (Å²) >= 11 is 3.67. The number of rotatable bonds is 8. The predicted octanol–water partition coefficient (Wildman–Crippen LogP) is 7.82. The van der Waals surface area contributed by atoms with E-state index in [2.05, 4.69) is 74.4 Å². The summed E-state index contributed by atoms with van der Waals surface area (Å²) in [5.74, 6) is 1.13. The van der Waals surface area contributed by atoms with Crippen LogP contribution in [0.25, 0.3) is 32.6 Å². The molecule has 1 aromatic carbocycles. The van der Waals surface area contributed by atoms with E-state index < -0.39 is 5.82 Å². The van der Waals surface area contributed by atoms with Gasteiger partial charge in [0.15, 0.2) is 11.5 Å². The number of hydrogen-bond acceptors (Lipinski definition) is 8. The van der Waals surface area contributed by atoms with Crippen molar-refractivity contribution in [1.29, 1.82) is 0 Å². The molecule has 11 heteroatoms. The highest BCUT2D eigenvalue weighted by atomic mass is 127. The van der Waals surface area contributed by atoms with E-state index in [1.54, 1.807) is 14.2 Å². The number of thiophene rings is 1. The van der Waals surface area contributed by atoms with Gasteiger partial charge in [0.05, 0.1) is 17.6 Å². The highest BCUT2D eigenvalue weighted by molar-refractivity contribution is 14.2. The summed E-state index contributed by atoms with van der Waals surface area (Å²) in [6.07, 6.45) is 4.30. The number of carbonyl (C=O) groups excluding carboxylic acids is 1. The molecule has 0 aliphatic heterocycles. The van der Waals surface area contributed by atoms with Gasteiger partial charge in [-0.3, -0.25) is 3.97 Å². The van der Waals surface area contributed by atoms with Gasteiger partial charge in [-0.1, -0.05) is 38.1 Å². The molecule has 0 aliphatic rings. The zero-order chi connectivity index (χ0) is 27.2. The summed E-state index contributed by atoms with van der Waals surface area (Å²) < 4.78 is 20.2. The molecule has 0 aliphatic carbocycles. The van der Waals surface area contributed by atoms with Crippen LogP contribution in [-0.4, -0.2) is 39.4 Å². The van der Waals surface area contributed by atoms with Crippen molar-refractivity contribution < 1.29 is 13.9 Å². The largest absolute Gasteiger partial charge is 0.388 e. The second-order valence-electron chi connectivity index (χ2n) is 8.83. The normalized spacial score (nSPS) is 12.0. The van der Waals surface area contributed by atoms with Gasteiger partial charge in [0.1, 0.15) is 22.8 Å². The summed E-state index contributed by atoms with van der Waals surface area (Å²) in [7, 11) is 4.69. The maximum absolute atomic E-state index is 14.1. The van der Waals surface area contributed by atoms with Crippen LogP contribution in [0, 0.1) is 5.82 Å². The molecule has 4 aromatic heterocycles. The smallest absolute Gasteiger partial charge is 0.165 e. The third-order valence-electron chi connectivity index (χ3n) is 5.87. The zero-order valence-electron chi connectivity index (χ0n) is 21.3. The van der Waals surface area contributed by atoms with Crippen LogP contribution in [0.5, 0.6) is 0 Å². The number of nitrogens with zero attached hydrogens (tertiary/aromatic N) is 4. The number of fused-ring (bicyclic) bond motifs is 2. The van der Waals surface area contributed by atoms with Crippen molar-refractivity contribution in [3.05, 3.63) is 71.1 Å². The molecule has 0 bridgehead atoms. The van der Waals surface area contributed by atoms with Crippen molar-refractivity contribution in [3.63, 3.8) is 0 Å². The Balaban J connectivity index is 0.00000107. The predicted molar refractivity (Wildman–Crippen MR) is 164 cm³/mol. The van der Waals surface area contributed by atoms with Gasteiger partial charge in [-0.25, -0.2) is 19.3 Å². The average Bonchev–Trinajstić information content (AvgIpc) is 3.53. The molecule has 198 valence electrons. The van der Waals surface area contributed by atoms with Crippen molar-refractivity contribution in [1.82, 2.24) is 18.9 Å². The number of ether oxygens (including phenoxy) is 1. The SMILES string of the molecule is CC(C)c1ccc(C(CC=O)Nc2nc(-c3cn(SI)c4ncc(F)cc34)nc3sccc23)cc1.COC. The van der Waals surface area contributed by atoms with E-state index in [1.807, 2.05) is 21.6 Å². The fourth-order valence-electron chi connectivity index (χ4n) is 4.02. The van der Waals surface area contributed by atoms with Crippen molar-refractivity contribution in [3.8, 4) is 11.4 Å². The molecule has 0 saturated heterocycles. The van der Waals surface area contributed by atoms with E-state index in [9.17, 15) is 9.18 Å². The number of methoxy groups -OCH3 is 1. The van der Waals surface area contributed by atoms with Crippen molar-refractivity contribution in [2.75, 3.05) is 19.5 Å². The molecule has 5 aromatic rings. The summed E-state index contributed by atoms with van der Waals surface area (Å²) in [4.78, 5) is 26.3. The van der Waals surface area contributed by atoms with E-state index in [-0.39, 0.29) is 6.04 Å². The Hall–Kier alpha value is -2.61. The molecular weight excluding hydrogens is 636 g/mol. The van der Waals surface area contributed by atoms with Crippen LogP contribution in [0.3, 0.4) is 0 Å². The summed E-state index contributed by atoms with van der Waals surface area (Å²) in [5.41, 5.74) is 3.60. The first-order valence-corrected chi connectivity index (χ1v) is 16.0.